The maximum Gasteiger partial charge on any atom is 0.257 e. The number of aliphatic hydroxyl groups excluding tert-OH is 1. The third-order valence-corrected chi connectivity index (χ3v) is 6.15. The first-order chi connectivity index (χ1) is 16.8. The highest BCUT2D eigenvalue weighted by Crippen LogP contribution is 2.25. The number of amides is 1. The molecule has 1 aromatic carbocycles. The molecule has 1 fully saturated rings. The van der Waals surface area contributed by atoms with Crippen LogP contribution in [0.25, 0.3) is 27.8 Å². The van der Waals surface area contributed by atoms with E-state index in [0.29, 0.717) is 32.6 Å². The Hall–Kier alpha value is -4.08. The van der Waals surface area contributed by atoms with Crippen molar-refractivity contribution < 1.29 is 19.7 Å². The summed E-state index contributed by atoms with van der Waals surface area (Å²) in [7, 11) is 0. The van der Waals surface area contributed by atoms with Gasteiger partial charge >= 0.3 is 0 Å². The highest BCUT2D eigenvalue weighted by atomic mass is 16.5. The van der Waals surface area contributed by atoms with Crippen molar-refractivity contribution in [3.63, 3.8) is 0 Å². The Bertz CT molecular complexity index is 1510. The summed E-state index contributed by atoms with van der Waals surface area (Å²) in [5.41, 5.74) is 0.370. The van der Waals surface area contributed by atoms with E-state index >= 15 is 0 Å². The van der Waals surface area contributed by atoms with Crippen LogP contribution in [0, 0.1) is 5.21 Å². The van der Waals surface area contributed by atoms with Crippen LogP contribution in [0.2, 0.25) is 0 Å². The van der Waals surface area contributed by atoms with Gasteiger partial charge in [0.2, 0.25) is 11.1 Å². The van der Waals surface area contributed by atoms with Crippen LogP contribution in [0.3, 0.4) is 0 Å². The van der Waals surface area contributed by atoms with Gasteiger partial charge in [-0.25, -0.2) is 4.98 Å². The molecule has 1 saturated carbocycles. The van der Waals surface area contributed by atoms with Crippen molar-refractivity contribution in [2.24, 2.45) is 0 Å². The minimum atomic E-state index is -1.67. The van der Waals surface area contributed by atoms with E-state index in [9.17, 15) is 25.0 Å². The molecule has 0 saturated heterocycles. The second kappa shape index (κ2) is 8.61. The van der Waals surface area contributed by atoms with Crippen molar-refractivity contribution in [3.05, 3.63) is 93.8 Å². The van der Waals surface area contributed by atoms with Crippen LogP contribution in [0.4, 0.5) is 0 Å². The molecule has 1 aliphatic rings. The van der Waals surface area contributed by atoms with Gasteiger partial charge in [-0.05, 0) is 55.7 Å². The molecule has 35 heavy (non-hydrogen) atoms. The average Bonchev–Trinajstić information content (AvgIpc) is 3.68. The Kier molecular flexibility index (Phi) is 5.58. The van der Waals surface area contributed by atoms with Crippen LogP contribution in [-0.2, 0) is 5.60 Å². The van der Waals surface area contributed by atoms with Crippen molar-refractivity contribution in [2.45, 2.75) is 31.4 Å². The van der Waals surface area contributed by atoms with Crippen LogP contribution in [0.15, 0.2) is 71.9 Å². The molecule has 1 amide bonds. The smallest absolute Gasteiger partial charge is 0.257 e. The second-order valence-corrected chi connectivity index (χ2v) is 8.98. The summed E-state index contributed by atoms with van der Waals surface area (Å²) in [5.74, 6) is -0.410. The molecule has 1 atom stereocenters. The fraction of sp³-hybridized carbons (Fsp3) is 0.231. The Labute approximate surface area is 200 Å². The summed E-state index contributed by atoms with van der Waals surface area (Å²) < 4.78 is 2.23. The topological polar surface area (TPSA) is 131 Å². The van der Waals surface area contributed by atoms with Gasteiger partial charge in [-0.2, -0.15) is 4.73 Å². The molecule has 3 heterocycles. The van der Waals surface area contributed by atoms with E-state index in [-0.39, 0.29) is 22.7 Å². The summed E-state index contributed by atoms with van der Waals surface area (Å²) in [6, 6.07) is 13.8. The Morgan fingerprint density at radius 3 is 2.74 bits per heavy atom. The monoisotopic (exact) mass is 472 g/mol. The Morgan fingerprint density at radius 2 is 2.03 bits per heavy atom. The van der Waals surface area contributed by atoms with Crippen molar-refractivity contribution >= 4 is 16.9 Å². The summed E-state index contributed by atoms with van der Waals surface area (Å²) in [4.78, 5) is 30.2. The first kappa shape index (κ1) is 22.7. The fourth-order valence-corrected chi connectivity index (χ4v) is 3.99. The normalized spacial score (nSPS) is 15.1. The van der Waals surface area contributed by atoms with E-state index in [2.05, 4.69) is 10.3 Å². The number of rotatable bonds is 6. The van der Waals surface area contributed by atoms with Gasteiger partial charge in [0.15, 0.2) is 11.8 Å². The number of benzene rings is 1. The summed E-state index contributed by atoms with van der Waals surface area (Å²) in [6.07, 6.45) is 6.23. The number of aromatic nitrogens is 3. The predicted molar refractivity (Wildman–Crippen MR) is 129 cm³/mol. The molecule has 3 aromatic heterocycles. The average molecular weight is 473 g/mol. The van der Waals surface area contributed by atoms with Gasteiger partial charge in [0, 0.05) is 35.8 Å². The zero-order chi connectivity index (χ0) is 24.7. The second-order valence-electron chi connectivity index (χ2n) is 8.98. The molecule has 9 heteroatoms. The number of nitrogens with zero attached hydrogens (tertiary/aromatic N) is 3. The molecule has 5 rings (SSSR count). The quantitative estimate of drug-likeness (QED) is 0.290. The SMILES string of the molecule is CC(O)(CO)c1ccc(-c2cccc(-n3cc(C(=O)NC4CC4)c(=O)c4cccnc43)c2)c[n+]1[O-]. The van der Waals surface area contributed by atoms with Gasteiger partial charge in [-0.1, -0.05) is 12.1 Å². The third-order valence-electron chi connectivity index (χ3n) is 6.15. The number of fused-ring (bicyclic) bond motifs is 1. The molecule has 0 radical (unpaired) electrons. The number of aliphatic hydroxyl groups is 2. The molecular formula is C26H24N4O5. The number of carbonyl (C=O) groups excluding carboxylic acids is 1. The predicted octanol–water partition coefficient (Wildman–Crippen LogP) is 1.78. The fourth-order valence-electron chi connectivity index (χ4n) is 3.99. The van der Waals surface area contributed by atoms with Crippen molar-refractivity contribution in [1.29, 1.82) is 0 Å². The molecule has 9 nitrogen and oxygen atoms in total. The van der Waals surface area contributed by atoms with E-state index in [1.165, 1.54) is 25.4 Å². The van der Waals surface area contributed by atoms with Gasteiger partial charge in [0.05, 0.1) is 12.0 Å². The lowest BCUT2D eigenvalue weighted by molar-refractivity contribution is -0.622. The maximum atomic E-state index is 13.0. The van der Waals surface area contributed by atoms with Gasteiger partial charge < -0.3 is 25.3 Å². The van der Waals surface area contributed by atoms with E-state index < -0.39 is 18.1 Å². The minimum absolute atomic E-state index is 0.0295. The first-order valence-electron chi connectivity index (χ1n) is 11.3. The van der Waals surface area contributed by atoms with Gasteiger partial charge in [0.25, 0.3) is 5.91 Å². The molecule has 1 unspecified atom stereocenters. The molecular weight excluding hydrogens is 448 g/mol. The van der Waals surface area contributed by atoms with Gasteiger partial charge in [-0.3, -0.25) is 9.59 Å². The lowest BCUT2D eigenvalue weighted by Crippen LogP contribution is -2.42. The van der Waals surface area contributed by atoms with Crippen LogP contribution in [0.1, 0.15) is 35.8 Å². The molecule has 1 aliphatic carbocycles. The highest BCUT2D eigenvalue weighted by Gasteiger charge is 2.30. The van der Waals surface area contributed by atoms with Crippen LogP contribution < -0.4 is 15.5 Å². The summed E-state index contributed by atoms with van der Waals surface area (Å²) >= 11 is 0. The minimum Gasteiger partial charge on any atom is -0.618 e. The number of hydrogen-bond donors (Lipinski definition) is 3. The highest BCUT2D eigenvalue weighted by molar-refractivity contribution is 5.97. The molecule has 3 N–H and O–H groups in total. The van der Waals surface area contributed by atoms with Crippen LogP contribution in [-0.4, -0.2) is 38.3 Å². The van der Waals surface area contributed by atoms with E-state index in [1.54, 1.807) is 35.0 Å². The number of hydrogen-bond acceptors (Lipinski definition) is 6. The van der Waals surface area contributed by atoms with Crippen LogP contribution in [0.5, 0.6) is 0 Å². The Morgan fingerprint density at radius 1 is 1.23 bits per heavy atom. The molecule has 4 aromatic rings. The Balaban J connectivity index is 1.61. The zero-order valence-corrected chi connectivity index (χ0v) is 19.0. The van der Waals surface area contributed by atoms with Crippen molar-refractivity contribution in [1.82, 2.24) is 14.9 Å². The largest absolute Gasteiger partial charge is 0.618 e. The van der Waals surface area contributed by atoms with E-state index in [0.717, 1.165) is 12.8 Å². The summed E-state index contributed by atoms with van der Waals surface area (Å²) in [6.45, 7) is 0.773. The standard InChI is InChI=1S/C26H24N4O5/c1-26(34,15-31)22-10-7-17(13-30(22)35)16-4-2-5-19(12-16)29-14-21(25(33)28-18-8-9-18)23(32)20-6-3-11-27-24(20)29/h2-7,10-14,18,31,34H,8-9,15H2,1H3,(H,28,33). The van der Waals surface area contributed by atoms with Crippen molar-refractivity contribution in [3.8, 4) is 16.8 Å². The van der Waals surface area contributed by atoms with E-state index in [4.69, 9.17) is 0 Å². The number of pyridine rings is 3. The van der Waals surface area contributed by atoms with Crippen LogP contribution >= 0.6 is 0 Å². The zero-order valence-electron chi connectivity index (χ0n) is 19.0. The first-order valence-corrected chi connectivity index (χ1v) is 11.3. The van der Waals surface area contributed by atoms with E-state index in [1.807, 2.05) is 18.2 Å². The molecule has 0 spiro atoms. The lowest BCUT2D eigenvalue weighted by Gasteiger charge is -2.19. The molecule has 0 bridgehead atoms. The number of carbonyl (C=O) groups is 1. The maximum absolute atomic E-state index is 13.0. The number of nitrogens with one attached hydrogen (secondary N) is 1. The summed E-state index contributed by atoms with van der Waals surface area (Å²) in [5, 5.41) is 35.4. The van der Waals surface area contributed by atoms with Gasteiger partial charge in [0.1, 0.15) is 11.2 Å². The molecule has 0 aliphatic heterocycles. The van der Waals surface area contributed by atoms with Crippen molar-refractivity contribution in [2.75, 3.05) is 6.61 Å². The van der Waals surface area contributed by atoms with Gasteiger partial charge in [-0.15, -0.1) is 0 Å². The molecule has 178 valence electrons. The lowest BCUT2D eigenvalue weighted by atomic mass is 10.0. The third kappa shape index (κ3) is 4.27.